The zero-order valence-electron chi connectivity index (χ0n) is 10.0. The Bertz CT molecular complexity index is 696. The van der Waals surface area contributed by atoms with Gasteiger partial charge in [0.1, 0.15) is 5.82 Å². The second kappa shape index (κ2) is 6.40. The van der Waals surface area contributed by atoms with Gasteiger partial charge in [0.25, 0.3) is 0 Å². The van der Waals surface area contributed by atoms with Crippen LogP contribution in [0.15, 0.2) is 42.5 Å². The van der Waals surface area contributed by atoms with Crippen LogP contribution in [0.4, 0.5) is 4.39 Å². The lowest BCUT2D eigenvalue weighted by molar-refractivity contribution is 0.104. The van der Waals surface area contributed by atoms with Gasteiger partial charge in [0.15, 0.2) is 5.78 Å². The number of hydrogen-bond donors (Lipinski definition) is 0. The molecule has 0 aromatic heterocycles. The van der Waals surface area contributed by atoms with E-state index in [-0.39, 0.29) is 15.6 Å². The van der Waals surface area contributed by atoms with Crippen molar-refractivity contribution in [1.82, 2.24) is 0 Å². The average Bonchev–Trinajstić information content (AvgIpc) is 2.41. The Kier molecular flexibility index (Phi) is 4.81. The fraction of sp³-hybridized carbons (Fsp3) is 0. The highest BCUT2D eigenvalue weighted by Gasteiger charge is 2.12. The molecule has 0 spiro atoms. The monoisotopic (exact) mass is 328 g/mol. The van der Waals surface area contributed by atoms with E-state index < -0.39 is 11.6 Å². The van der Waals surface area contributed by atoms with Gasteiger partial charge in [0, 0.05) is 10.6 Å². The maximum absolute atomic E-state index is 13.4. The summed E-state index contributed by atoms with van der Waals surface area (Å²) in [4.78, 5) is 12.0. The molecule has 0 N–H and O–H groups in total. The third kappa shape index (κ3) is 3.40. The lowest BCUT2D eigenvalue weighted by Gasteiger charge is -2.02. The minimum atomic E-state index is -0.689. The molecule has 0 radical (unpaired) electrons. The van der Waals surface area contributed by atoms with Crippen molar-refractivity contribution in [3.63, 3.8) is 0 Å². The van der Waals surface area contributed by atoms with Gasteiger partial charge < -0.3 is 0 Å². The molecule has 0 unspecified atom stereocenters. The van der Waals surface area contributed by atoms with Crippen LogP contribution in [-0.2, 0) is 0 Å². The van der Waals surface area contributed by atoms with Crippen molar-refractivity contribution in [2.24, 2.45) is 0 Å². The van der Waals surface area contributed by atoms with Crippen molar-refractivity contribution >= 4 is 46.7 Å². The van der Waals surface area contributed by atoms with Crippen LogP contribution in [0, 0.1) is 5.82 Å². The lowest BCUT2D eigenvalue weighted by atomic mass is 10.1. The van der Waals surface area contributed by atoms with Crippen LogP contribution >= 0.6 is 34.8 Å². The molecule has 0 aliphatic carbocycles. The van der Waals surface area contributed by atoms with Crippen LogP contribution in [0.5, 0.6) is 0 Å². The van der Waals surface area contributed by atoms with E-state index in [1.165, 1.54) is 12.1 Å². The highest BCUT2D eigenvalue weighted by Crippen LogP contribution is 2.25. The maximum Gasteiger partial charge on any atom is 0.187 e. The molecule has 0 aliphatic heterocycles. The number of ketones is 1. The van der Waals surface area contributed by atoms with Crippen LogP contribution in [0.1, 0.15) is 15.9 Å². The topological polar surface area (TPSA) is 17.1 Å². The predicted octanol–water partition coefficient (Wildman–Crippen LogP) is 5.68. The summed E-state index contributed by atoms with van der Waals surface area (Å²) in [6.07, 6.45) is 2.84. The third-order valence-electron chi connectivity index (χ3n) is 2.59. The van der Waals surface area contributed by atoms with Crippen LogP contribution in [0.3, 0.4) is 0 Å². The Morgan fingerprint density at radius 2 is 1.70 bits per heavy atom. The molecule has 0 bridgehead atoms. The normalized spacial score (nSPS) is 11.0. The van der Waals surface area contributed by atoms with Gasteiger partial charge in [-0.2, -0.15) is 0 Å². The fourth-order valence-electron chi connectivity index (χ4n) is 1.58. The number of rotatable bonds is 3. The van der Waals surface area contributed by atoms with Crippen LogP contribution < -0.4 is 0 Å². The summed E-state index contributed by atoms with van der Waals surface area (Å²) < 4.78 is 13.4. The zero-order chi connectivity index (χ0) is 14.7. The van der Waals surface area contributed by atoms with Gasteiger partial charge in [-0.05, 0) is 35.9 Å². The predicted molar refractivity (Wildman–Crippen MR) is 81.2 cm³/mol. The molecule has 2 rings (SSSR count). The smallest absolute Gasteiger partial charge is 0.187 e. The molecule has 0 heterocycles. The Morgan fingerprint density at radius 3 is 2.40 bits per heavy atom. The molecule has 1 nitrogen and oxygen atoms in total. The van der Waals surface area contributed by atoms with Crippen molar-refractivity contribution < 1.29 is 9.18 Å². The van der Waals surface area contributed by atoms with Gasteiger partial charge in [-0.3, -0.25) is 4.79 Å². The molecule has 0 aliphatic rings. The summed E-state index contributed by atoms with van der Waals surface area (Å²) in [5.41, 5.74) is 0.741. The quantitative estimate of drug-likeness (QED) is 0.402. The van der Waals surface area contributed by atoms with Crippen molar-refractivity contribution in [1.29, 1.82) is 0 Å². The number of halogens is 4. The van der Waals surface area contributed by atoms with Gasteiger partial charge in [-0.1, -0.05) is 53.0 Å². The van der Waals surface area contributed by atoms with E-state index in [1.54, 1.807) is 30.3 Å². The van der Waals surface area contributed by atoms with E-state index in [2.05, 4.69) is 0 Å². The molecule has 5 heteroatoms. The average molecular weight is 330 g/mol. The van der Waals surface area contributed by atoms with Crippen molar-refractivity contribution in [3.8, 4) is 0 Å². The van der Waals surface area contributed by atoms with E-state index in [4.69, 9.17) is 34.8 Å². The number of carbonyl (C=O) groups is 1. The van der Waals surface area contributed by atoms with Gasteiger partial charge in [0.2, 0.25) is 0 Å². The summed E-state index contributed by atoms with van der Waals surface area (Å²) in [7, 11) is 0. The SMILES string of the molecule is O=C(/C=C/c1ccccc1Cl)c1cc(F)c(Cl)cc1Cl. The molecule has 0 atom stereocenters. The largest absolute Gasteiger partial charge is 0.289 e. The minimum absolute atomic E-state index is 0.0527. The molecule has 0 saturated carbocycles. The first-order valence-corrected chi connectivity index (χ1v) is 6.74. The van der Waals surface area contributed by atoms with Gasteiger partial charge in [0.05, 0.1) is 10.0 Å². The van der Waals surface area contributed by atoms with E-state index in [0.717, 1.165) is 6.07 Å². The second-order valence-corrected chi connectivity index (χ2v) is 5.19. The molecular formula is C15H8Cl3FO. The number of allylic oxidation sites excluding steroid dienone is 1. The van der Waals surface area contributed by atoms with Crippen molar-refractivity contribution in [2.75, 3.05) is 0 Å². The molecule has 0 saturated heterocycles. The lowest BCUT2D eigenvalue weighted by Crippen LogP contribution is -1.97. The first kappa shape index (κ1) is 15.0. The molecule has 20 heavy (non-hydrogen) atoms. The summed E-state index contributed by atoms with van der Waals surface area (Å²) in [5, 5.41) is 0.497. The first-order valence-electron chi connectivity index (χ1n) is 5.60. The molecular weight excluding hydrogens is 322 g/mol. The molecule has 0 fully saturated rings. The van der Waals surface area contributed by atoms with Gasteiger partial charge in [-0.15, -0.1) is 0 Å². The van der Waals surface area contributed by atoms with E-state index >= 15 is 0 Å². The fourth-order valence-corrected chi connectivity index (χ4v) is 2.25. The Hall–Kier alpha value is -1.35. The van der Waals surface area contributed by atoms with Crippen LogP contribution in [-0.4, -0.2) is 5.78 Å². The number of benzene rings is 2. The molecule has 2 aromatic rings. The molecule has 0 amide bonds. The zero-order valence-corrected chi connectivity index (χ0v) is 12.3. The van der Waals surface area contributed by atoms with Gasteiger partial charge >= 0.3 is 0 Å². The Morgan fingerprint density at radius 1 is 1.00 bits per heavy atom. The highest BCUT2D eigenvalue weighted by molar-refractivity contribution is 6.37. The number of hydrogen-bond acceptors (Lipinski definition) is 1. The molecule has 102 valence electrons. The summed E-state index contributed by atoms with van der Waals surface area (Å²) in [5.74, 6) is -1.11. The Labute approximate surface area is 130 Å². The van der Waals surface area contributed by atoms with Crippen molar-refractivity contribution in [3.05, 3.63) is 74.5 Å². The standard InChI is InChI=1S/C15H8Cl3FO/c16-11-4-2-1-3-9(11)5-6-15(20)10-7-14(19)13(18)8-12(10)17/h1-8H/b6-5+. The second-order valence-electron chi connectivity index (χ2n) is 3.97. The summed E-state index contributed by atoms with van der Waals surface area (Å²) in [6.45, 7) is 0. The van der Waals surface area contributed by atoms with Crippen LogP contribution in [0.25, 0.3) is 6.08 Å². The third-order valence-corrected chi connectivity index (χ3v) is 3.54. The first-order chi connectivity index (χ1) is 9.49. The molecule has 2 aromatic carbocycles. The van der Waals surface area contributed by atoms with Crippen LogP contribution in [0.2, 0.25) is 15.1 Å². The summed E-state index contributed by atoms with van der Waals surface area (Å²) >= 11 is 17.4. The van der Waals surface area contributed by atoms with Crippen molar-refractivity contribution in [2.45, 2.75) is 0 Å². The van der Waals surface area contributed by atoms with Gasteiger partial charge in [-0.25, -0.2) is 4.39 Å². The minimum Gasteiger partial charge on any atom is -0.289 e. The van der Waals surface area contributed by atoms with E-state index in [9.17, 15) is 9.18 Å². The summed E-state index contributed by atoms with van der Waals surface area (Å²) in [6, 6.07) is 9.27. The number of carbonyl (C=O) groups excluding carboxylic acids is 1. The Balaban J connectivity index is 2.29. The highest BCUT2D eigenvalue weighted by atomic mass is 35.5. The van der Waals surface area contributed by atoms with E-state index in [1.807, 2.05) is 0 Å². The van der Waals surface area contributed by atoms with E-state index in [0.29, 0.717) is 10.6 Å². The maximum atomic E-state index is 13.4.